The molecule has 0 spiro atoms. The van der Waals surface area contributed by atoms with Crippen LogP contribution in [0.4, 0.5) is 0 Å². The van der Waals surface area contributed by atoms with Gasteiger partial charge in [-0.3, -0.25) is 4.98 Å². The van der Waals surface area contributed by atoms with E-state index in [1.54, 1.807) is 0 Å². The fourth-order valence-electron chi connectivity index (χ4n) is 2.62. The van der Waals surface area contributed by atoms with Crippen molar-refractivity contribution in [3.8, 4) is 0 Å². The number of aromatic carboxylic acids is 1. The molecular formula is C14H13NO2. The van der Waals surface area contributed by atoms with Gasteiger partial charge in [0.25, 0.3) is 0 Å². The van der Waals surface area contributed by atoms with Gasteiger partial charge in [0.1, 0.15) is 0 Å². The highest BCUT2D eigenvalue weighted by Gasteiger charge is 2.21. The molecule has 2 aromatic rings. The smallest absolute Gasteiger partial charge is 0.336 e. The average Bonchev–Trinajstić information content (AvgIpc) is 2.35. The van der Waals surface area contributed by atoms with Gasteiger partial charge >= 0.3 is 5.97 Å². The van der Waals surface area contributed by atoms with Crippen molar-refractivity contribution >= 4 is 16.9 Å². The lowest BCUT2D eigenvalue weighted by Gasteiger charge is -2.18. The summed E-state index contributed by atoms with van der Waals surface area (Å²) in [4.78, 5) is 16.1. The zero-order valence-electron chi connectivity index (χ0n) is 9.44. The Hall–Kier alpha value is -1.90. The predicted molar refractivity (Wildman–Crippen MR) is 65.3 cm³/mol. The van der Waals surface area contributed by atoms with Crippen LogP contribution in [0.15, 0.2) is 24.3 Å². The predicted octanol–water partition coefficient (Wildman–Crippen LogP) is 2.81. The molecule has 0 fully saturated rings. The van der Waals surface area contributed by atoms with Crippen LogP contribution in [-0.4, -0.2) is 16.1 Å². The Balaban J connectivity index is 2.40. The van der Waals surface area contributed by atoms with Crippen molar-refractivity contribution in [3.63, 3.8) is 0 Å². The fourth-order valence-corrected chi connectivity index (χ4v) is 2.62. The van der Waals surface area contributed by atoms with Crippen LogP contribution in [0.2, 0.25) is 0 Å². The van der Waals surface area contributed by atoms with Gasteiger partial charge in [-0.25, -0.2) is 4.79 Å². The minimum absolute atomic E-state index is 0.463. The summed E-state index contributed by atoms with van der Waals surface area (Å²) < 4.78 is 0. The molecule has 0 radical (unpaired) electrons. The summed E-state index contributed by atoms with van der Waals surface area (Å²) in [5.41, 5.74) is 3.19. The van der Waals surface area contributed by atoms with Gasteiger partial charge < -0.3 is 5.11 Å². The molecule has 3 rings (SSSR count). The first-order valence-electron chi connectivity index (χ1n) is 5.91. The second-order valence-corrected chi connectivity index (χ2v) is 4.44. The molecule has 1 heterocycles. The summed E-state index contributed by atoms with van der Waals surface area (Å²) in [5.74, 6) is -0.832. The van der Waals surface area contributed by atoms with Crippen LogP contribution >= 0.6 is 0 Å². The number of aromatic nitrogens is 1. The first kappa shape index (κ1) is 10.3. The second-order valence-electron chi connectivity index (χ2n) is 4.44. The van der Waals surface area contributed by atoms with Crippen LogP contribution in [0.1, 0.15) is 34.5 Å². The molecule has 1 aliphatic rings. The Morgan fingerprint density at radius 2 is 1.94 bits per heavy atom. The second kappa shape index (κ2) is 3.84. The summed E-state index contributed by atoms with van der Waals surface area (Å²) in [5, 5.41) is 10.2. The lowest BCUT2D eigenvalue weighted by atomic mass is 9.90. The van der Waals surface area contributed by atoms with E-state index in [0.29, 0.717) is 5.56 Å². The number of hydrogen-bond donors (Lipinski definition) is 1. The highest BCUT2D eigenvalue weighted by atomic mass is 16.4. The average molecular weight is 227 g/mol. The van der Waals surface area contributed by atoms with Gasteiger partial charge in [-0.05, 0) is 37.3 Å². The van der Waals surface area contributed by atoms with Crippen molar-refractivity contribution in [1.29, 1.82) is 0 Å². The van der Waals surface area contributed by atoms with E-state index in [9.17, 15) is 9.90 Å². The third-order valence-corrected chi connectivity index (χ3v) is 3.38. The van der Waals surface area contributed by atoms with Crippen LogP contribution in [0.5, 0.6) is 0 Å². The van der Waals surface area contributed by atoms with Crippen LogP contribution in [-0.2, 0) is 12.8 Å². The molecule has 0 bridgehead atoms. The van der Waals surface area contributed by atoms with E-state index >= 15 is 0 Å². The largest absolute Gasteiger partial charge is 0.478 e. The van der Waals surface area contributed by atoms with E-state index in [0.717, 1.165) is 47.8 Å². The summed E-state index contributed by atoms with van der Waals surface area (Å²) in [6, 6.07) is 7.50. The molecule has 86 valence electrons. The molecule has 1 aromatic heterocycles. The quantitative estimate of drug-likeness (QED) is 0.815. The molecule has 1 N–H and O–H groups in total. The molecule has 0 saturated carbocycles. The van der Waals surface area contributed by atoms with Crippen LogP contribution < -0.4 is 0 Å². The number of rotatable bonds is 1. The topological polar surface area (TPSA) is 50.2 Å². The van der Waals surface area contributed by atoms with Gasteiger partial charge in [0, 0.05) is 11.1 Å². The first-order chi connectivity index (χ1) is 8.27. The molecule has 0 unspecified atom stereocenters. The molecule has 0 saturated heterocycles. The van der Waals surface area contributed by atoms with E-state index in [2.05, 4.69) is 4.98 Å². The summed E-state index contributed by atoms with van der Waals surface area (Å²) in [6.45, 7) is 0. The summed E-state index contributed by atoms with van der Waals surface area (Å²) in [6.07, 6.45) is 3.92. The molecule has 0 aliphatic heterocycles. The number of aryl methyl sites for hydroxylation is 1. The van der Waals surface area contributed by atoms with Crippen molar-refractivity contribution < 1.29 is 9.90 Å². The fraction of sp³-hybridized carbons (Fsp3) is 0.286. The molecule has 3 heteroatoms. The zero-order chi connectivity index (χ0) is 11.8. The Morgan fingerprint density at radius 3 is 2.76 bits per heavy atom. The van der Waals surface area contributed by atoms with Gasteiger partial charge in [0.15, 0.2) is 0 Å². The lowest BCUT2D eigenvalue weighted by Crippen LogP contribution is -2.13. The number of hydrogen-bond acceptors (Lipinski definition) is 2. The number of carbonyl (C=O) groups is 1. The minimum Gasteiger partial charge on any atom is -0.478 e. The molecule has 0 amide bonds. The first-order valence-corrected chi connectivity index (χ1v) is 5.91. The maximum Gasteiger partial charge on any atom is 0.336 e. The van der Waals surface area contributed by atoms with E-state index in [1.165, 1.54) is 0 Å². The molecule has 17 heavy (non-hydrogen) atoms. The van der Waals surface area contributed by atoms with E-state index in [-0.39, 0.29) is 0 Å². The van der Waals surface area contributed by atoms with Crippen LogP contribution in [0.25, 0.3) is 10.9 Å². The zero-order valence-corrected chi connectivity index (χ0v) is 9.44. The van der Waals surface area contributed by atoms with Gasteiger partial charge in [-0.15, -0.1) is 0 Å². The summed E-state index contributed by atoms with van der Waals surface area (Å²) in [7, 11) is 0. The van der Waals surface area contributed by atoms with Crippen molar-refractivity contribution in [2.24, 2.45) is 0 Å². The van der Waals surface area contributed by atoms with Gasteiger partial charge in [0.05, 0.1) is 11.1 Å². The number of carboxylic acid groups (broad SMARTS) is 1. The Bertz CT molecular complexity index is 604. The highest BCUT2D eigenvalue weighted by molar-refractivity contribution is 6.04. The highest BCUT2D eigenvalue weighted by Crippen LogP contribution is 2.28. The Morgan fingerprint density at radius 1 is 1.18 bits per heavy atom. The van der Waals surface area contributed by atoms with Gasteiger partial charge in [0.2, 0.25) is 0 Å². The molecule has 3 nitrogen and oxygen atoms in total. The monoisotopic (exact) mass is 227 g/mol. The summed E-state index contributed by atoms with van der Waals surface area (Å²) >= 11 is 0. The molecular weight excluding hydrogens is 214 g/mol. The lowest BCUT2D eigenvalue weighted by molar-refractivity contribution is 0.0697. The standard InChI is InChI=1S/C14H13NO2/c16-14(17)13-9-5-1-3-7-11(9)15-12-8-4-2-6-10(12)13/h1,3,5,7H,2,4,6,8H2,(H,16,17). The third kappa shape index (κ3) is 1.58. The molecule has 0 atom stereocenters. The number of fused-ring (bicyclic) bond motifs is 2. The van der Waals surface area contributed by atoms with Crippen LogP contribution in [0, 0.1) is 0 Å². The van der Waals surface area contributed by atoms with Crippen molar-refractivity contribution in [3.05, 3.63) is 41.1 Å². The van der Waals surface area contributed by atoms with Crippen molar-refractivity contribution in [1.82, 2.24) is 4.98 Å². The Kier molecular flexibility index (Phi) is 2.32. The van der Waals surface area contributed by atoms with Gasteiger partial charge in [-0.2, -0.15) is 0 Å². The number of carboxylic acids is 1. The number of nitrogens with zero attached hydrogens (tertiary/aromatic N) is 1. The maximum absolute atomic E-state index is 11.5. The Labute approximate surface area is 99.1 Å². The van der Waals surface area contributed by atoms with Crippen molar-refractivity contribution in [2.45, 2.75) is 25.7 Å². The minimum atomic E-state index is -0.832. The molecule has 1 aliphatic carbocycles. The van der Waals surface area contributed by atoms with E-state index in [1.807, 2.05) is 24.3 Å². The number of para-hydroxylation sites is 1. The maximum atomic E-state index is 11.5. The normalized spacial score (nSPS) is 14.6. The SMILES string of the molecule is O=C(O)c1c2c(nc3ccccc13)CCCC2. The van der Waals surface area contributed by atoms with Crippen molar-refractivity contribution in [2.75, 3.05) is 0 Å². The number of pyridine rings is 1. The number of benzene rings is 1. The molecule has 1 aromatic carbocycles. The third-order valence-electron chi connectivity index (χ3n) is 3.38. The van der Waals surface area contributed by atoms with E-state index < -0.39 is 5.97 Å². The van der Waals surface area contributed by atoms with E-state index in [4.69, 9.17) is 0 Å². The van der Waals surface area contributed by atoms with Crippen LogP contribution in [0.3, 0.4) is 0 Å². The van der Waals surface area contributed by atoms with Gasteiger partial charge in [-0.1, -0.05) is 18.2 Å².